The molecule has 0 spiro atoms. The van der Waals surface area contributed by atoms with Crippen LogP contribution in [0.15, 0.2) is 18.2 Å². The summed E-state index contributed by atoms with van der Waals surface area (Å²) in [5.74, 6) is -1.10. The lowest BCUT2D eigenvalue weighted by Crippen LogP contribution is -2.39. The summed E-state index contributed by atoms with van der Waals surface area (Å²) in [6, 6.07) is 4.11. The summed E-state index contributed by atoms with van der Waals surface area (Å²) in [5, 5.41) is 14.5. The zero-order valence-electron chi connectivity index (χ0n) is 11.0. The Hall–Kier alpha value is -1.79. The molecule has 2 amide bonds. The minimum atomic E-state index is -1.10. The first-order valence-electron chi connectivity index (χ1n) is 6.24. The first-order chi connectivity index (χ1) is 9.45. The van der Waals surface area contributed by atoms with Crippen molar-refractivity contribution in [3.05, 3.63) is 28.8 Å². The molecule has 1 saturated heterocycles. The third-order valence-electron chi connectivity index (χ3n) is 3.18. The number of nitrogens with zero attached hydrogens (tertiary/aromatic N) is 1. The molecule has 1 aliphatic rings. The predicted octanol–water partition coefficient (Wildman–Crippen LogP) is 1.86. The summed E-state index contributed by atoms with van der Waals surface area (Å²) >= 11 is 5.84. The molecule has 0 saturated carbocycles. The number of carbonyl (C=O) groups excluding carboxylic acids is 1. The molecule has 1 heterocycles. The van der Waals surface area contributed by atoms with Crippen molar-refractivity contribution in [1.82, 2.24) is 10.2 Å². The molecule has 108 valence electrons. The molecule has 1 aromatic rings. The standard InChI is InChI=1S/C13H16ClN3O3/c1-17-5-4-9(7-17)16-13(20)15-8-2-3-10(12(18)19)11(14)6-8/h2-3,6,9H,4-5,7H2,1H3,(H,18,19)(H2,15,16,20). The van der Waals surface area contributed by atoms with Crippen molar-refractivity contribution < 1.29 is 14.7 Å². The van der Waals surface area contributed by atoms with Gasteiger partial charge in [0.05, 0.1) is 10.6 Å². The van der Waals surface area contributed by atoms with Crippen LogP contribution in [0.2, 0.25) is 5.02 Å². The van der Waals surface area contributed by atoms with Crippen molar-refractivity contribution in [2.45, 2.75) is 12.5 Å². The molecule has 1 fully saturated rings. The van der Waals surface area contributed by atoms with E-state index < -0.39 is 5.97 Å². The highest BCUT2D eigenvalue weighted by Gasteiger charge is 2.21. The second kappa shape index (κ2) is 6.11. The summed E-state index contributed by atoms with van der Waals surface area (Å²) in [5.41, 5.74) is 0.471. The van der Waals surface area contributed by atoms with E-state index in [0.29, 0.717) is 5.69 Å². The topological polar surface area (TPSA) is 81.7 Å². The van der Waals surface area contributed by atoms with Crippen molar-refractivity contribution in [3.8, 4) is 0 Å². The average molecular weight is 298 g/mol. The molecule has 3 N–H and O–H groups in total. The second-order valence-corrected chi connectivity index (χ2v) is 5.25. The number of urea groups is 1. The Morgan fingerprint density at radius 3 is 2.75 bits per heavy atom. The van der Waals surface area contributed by atoms with Crippen molar-refractivity contribution in [2.75, 3.05) is 25.5 Å². The lowest BCUT2D eigenvalue weighted by Gasteiger charge is -2.14. The maximum absolute atomic E-state index is 11.8. The van der Waals surface area contributed by atoms with Gasteiger partial charge < -0.3 is 20.6 Å². The fourth-order valence-corrected chi connectivity index (χ4v) is 2.43. The van der Waals surface area contributed by atoms with Crippen LogP contribution in [-0.2, 0) is 0 Å². The molecule has 1 atom stereocenters. The number of carbonyl (C=O) groups is 2. The van der Waals surface area contributed by atoms with Crippen LogP contribution in [0, 0.1) is 0 Å². The van der Waals surface area contributed by atoms with Gasteiger partial charge >= 0.3 is 12.0 Å². The fourth-order valence-electron chi connectivity index (χ4n) is 2.17. The van der Waals surface area contributed by atoms with Crippen LogP contribution in [0.5, 0.6) is 0 Å². The van der Waals surface area contributed by atoms with Crippen molar-refractivity contribution in [2.24, 2.45) is 0 Å². The molecule has 2 rings (SSSR count). The number of anilines is 1. The number of aromatic carboxylic acids is 1. The highest BCUT2D eigenvalue weighted by atomic mass is 35.5. The fraction of sp³-hybridized carbons (Fsp3) is 0.385. The van der Waals surface area contributed by atoms with Gasteiger partial charge in [-0.1, -0.05) is 11.6 Å². The number of carboxylic acid groups (broad SMARTS) is 1. The molecule has 7 heteroatoms. The van der Waals surface area contributed by atoms with E-state index in [0.717, 1.165) is 19.5 Å². The summed E-state index contributed by atoms with van der Waals surface area (Å²) in [6.07, 6.45) is 0.919. The lowest BCUT2D eigenvalue weighted by atomic mass is 10.2. The highest BCUT2D eigenvalue weighted by molar-refractivity contribution is 6.33. The minimum Gasteiger partial charge on any atom is -0.478 e. The minimum absolute atomic E-state index is 0.00930. The first-order valence-corrected chi connectivity index (χ1v) is 6.62. The predicted molar refractivity (Wildman–Crippen MR) is 76.5 cm³/mol. The molecule has 1 aliphatic heterocycles. The Bertz CT molecular complexity index is 536. The highest BCUT2D eigenvalue weighted by Crippen LogP contribution is 2.21. The number of likely N-dealkylation sites (tertiary alicyclic amines) is 1. The Labute approximate surface area is 121 Å². The van der Waals surface area contributed by atoms with Crippen molar-refractivity contribution in [3.63, 3.8) is 0 Å². The van der Waals surface area contributed by atoms with E-state index in [4.69, 9.17) is 16.7 Å². The molecular formula is C13H16ClN3O3. The van der Waals surface area contributed by atoms with E-state index in [2.05, 4.69) is 15.5 Å². The maximum atomic E-state index is 11.8. The van der Waals surface area contributed by atoms with Gasteiger partial charge in [-0.2, -0.15) is 0 Å². The van der Waals surface area contributed by atoms with Gasteiger partial charge in [-0.3, -0.25) is 0 Å². The summed E-state index contributed by atoms with van der Waals surface area (Å²) < 4.78 is 0. The number of hydrogen-bond acceptors (Lipinski definition) is 3. The lowest BCUT2D eigenvalue weighted by molar-refractivity contribution is 0.0697. The van der Waals surface area contributed by atoms with Crippen LogP contribution in [0.1, 0.15) is 16.8 Å². The van der Waals surface area contributed by atoms with Gasteiger partial charge in [-0.25, -0.2) is 9.59 Å². The number of likely N-dealkylation sites (N-methyl/N-ethyl adjacent to an activating group) is 1. The number of amides is 2. The van der Waals surface area contributed by atoms with Gasteiger partial charge in [0.1, 0.15) is 0 Å². The van der Waals surface area contributed by atoms with Gasteiger partial charge in [-0.15, -0.1) is 0 Å². The SMILES string of the molecule is CN1CCC(NC(=O)Nc2ccc(C(=O)O)c(Cl)c2)C1. The van der Waals surface area contributed by atoms with Crippen LogP contribution in [0.4, 0.5) is 10.5 Å². The molecule has 0 aromatic heterocycles. The number of rotatable bonds is 3. The van der Waals surface area contributed by atoms with Crippen LogP contribution in [-0.4, -0.2) is 48.2 Å². The van der Waals surface area contributed by atoms with Crippen molar-refractivity contribution in [1.29, 1.82) is 0 Å². The zero-order chi connectivity index (χ0) is 14.7. The first kappa shape index (κ1) is 14.6. The van der Waals surface area contributed by atoms with Gasteiger partial charge in [0.2, 0.25) is 0 Å². The van der Waals surface area contributed by atoms with E-state index >= 15 is 0 Å². The molecular weight excluding hydrogens is 282 g/mol. The Morgan fingerprint density at radius 2 is 2.20 bits per heavy atom. The molecule has 0 aliphatic carbocycles. The van der Waals surface area contributed by atoms with Crippen LogP contribution >= 0.6 is 11.6 Å². The number of nitrogens with one attached hydrogen (secondary N) is 2. The molecule has 6 nitrogen and oxygen atoms in total. The normalized spacial score (nSPS) is 18.8. The monoisotopic (exact) mass is 297 g/mol. The van der Waals surface area contributed by atoms with E-state index in [9.17, 15) is 9.59 Å². The van der Waals surface area contributed by atoms with E-state index in [1.54, 1.807) is 0 Å². The summed E-state index contributed by atoms with van der Waals surface area (Å²) in [6.45, 7) is 1.79. The number of hydrogen-bond donors (Lipinski definition) is 3. The van der Waals surface area contributed by atoms with Gasteiger partial charge in [0.25, 0.3) is 0 Å². The summed E-state index contributed by atoms with van der Waals surface area (Å²) in [7, 11) is 2.00. The molecule has 1 aromatic carbocycles. The van der Waals surface area contributed by atoms with Crippen LogP contribution < -0.4 is 10.6 Å². The molecule has 1 unspecified atom stereocenters. The van der Waals surface area contributed by atoms with Gasteiger partial charge in [0, 0.05) is 18.3 Å². The number of halogens is 1. The molecule has 0 radical (unpaired) electrons. The summed E-state index contributed by atoms with van der Waals surface area (Å²) in [4.78, 5) is 24.8. The largest absolute Gasteiger partial charge is 0.478 e. The molecule has 0 bridgehead atoms. The second-order valence-electron chi connectivity index (χ2n) is 4.85. The average Bonchev–Trinajstić information content (AvgIpc) is 2.74. The zero-order valence-corrected chi connectivity index (χ0v) is 11.8. The third kappa shape index (κ3) is 3.61. The number of carboxylic acids is 1. The molecule has 20 heavy (non-hydrogen) atoms. The Balaban J connectivity index is 1.94. The van der Waals surface area contributed by atoms with Gasteiger partial charge in [-0.05, 0) is 38.2 Å². The smallest absolute Gasteiger partial charge is 0.337 e. The number of benzene rings is 1. The quantitative estimate of drug-likeness (QED) is 0.795. The van der Waals surface area contributed by atoms with Crippen molar-refractivity contribution >= 4 is 29.3 Å². The Kier molecular flexibility index (Phi) is 4.46. The Morgan fingerprint density at radius 1 is 1.45 bits per heavy atom. The van der Waals surface area contributed by atoms with E-state index in [-0.39, 0.29) is 22.7 Å². The van der Waals surface area contributed by atoms with E-state index in [1.807, 2.05) is 7.05 Å². The van der Waals surface area contributed by atoms with Gasteiger partial charge in [0.15, 0.2) is 0 Å². The van der Waals surface area contributed by atoms with E-state index in [1.165, 1.54) is 18.2 Å². The third-order valence-corrected chi connectivity index (χ3v) is 3.50. The van der Waals surface area contributed by atoms with Crippen LogP contribution in [0.3, 0.4) is 0 Å². The van der Waals surface area contributed by atoms with Crippen LogP contribution in [0.25, 0.3) is 0 Å². The maximum Gasteiger partial charge on any atom is 0.337 e.